The Morgan fingerprint density at radius 3 is 2.52 bits per heavy atom. The van der Waals surface area contributed by atoms with Gasteiger partial charge in [-0.15, -0.1) is 0 Å². The van der Waals surface area contributed by atoms with E-state index in [1.165, 1.54) is 24.9 Å². The third-order valence-electron chi connectivity index (χ3n) is 5.30. The van der Waals surface area contributed by atoms with Gasteiger partial charge in [0.15, 0.2) is 0 Å². The lowest BCUT2D eigenvalue weighted by Gasteiger charge is -2.37. The van der Waals surface area contributed by atoms with Crippen molar-refractivity contribution in [3.8, 4) is 0 Å². The number of rotatable bonds is 5. The van der Waals surface area contributed by atoms with Crippen molar-refractivity contribution in [2.24, 2.45) is 5.92 Å². The standard InChI is InChI=1S/C19H28N2O2/c22-19(23)16-8-10-17(11-9-16)20-18-7-4-12-21(14-18)13-15-5-2-1-3-6-15/h1-3,5-6,16-18,20H,4,7-14H2,(H,22,23). The first-order valence-corrected chi connectivity index (χ1v) is 8.96. The van der Waals surface area contributed by atoms with Gasteiger partial charge in [0.1, 0.15) is 0 Å². The third-order valence-corrected chi connectivity index (χ3v) is 5.30. The lowest BCUT2D eigenvalue weighted by Crippen LogP contribution is -2.49. The van der Waals surface area contributed by atoms with Gasteiger partial charge in [0.05, 0.1) is 5.92 Å². The van der Waals surface area contributed by atoms with E-state index in [1.807, 2.05) is 0 Å². The second kappa shape index (κ2) is 7.93. The summed E-state index contributed by atoms with van der Waals surface area (Å²) in [6, 6.07) is 11.7. The van der Waals surface area contributed by atoms with Crippen molar-refractivity contribution in [3.63, 3.8) is 0 Å². The van der Waals surface area contributed by atoms with Gasteiger partial charge in [-0.05, 0) is 50.6 Å². The summed E-state index contributed by atoms with van der Waals surface area (Å²) in [6.07, 6.45) is 6.15. The van der Waals surface area contributed by atoms with Crippen LogP contribution in [0.25, 0.3) is 0 Å². The molecule has 1 atom stereocenters. The molecule has 3 rings (SSSR count). The molecule has 2 aliphatic rings. The van der Waals surface area contributed by atoms with Crippen LogP contribution in [0.2, 0.25) is 0 Å². The summed E-state index contributed by atoms with van der Waals surface area (Å²) in [6.45, 7) is 3.32. The SMILES string of the molecule is O=C(O)C1CCC(NC2CCCN(Cc3ccccc3)C2)CC1. The van der Waals surface area contributed by atoms with Gasteiger partial charge in [-0.1, -0.05) is 30.3 Å². The molecule has 126 valence electrons. The zero-order valence-corrected chi connectivity index (χ0v) is 13.8. The van der Waals surface area contributed by atoms with E-state index in [9.17, 15) is 4.79 Å². The second-order valence-corrected chi connectivity index (χ2v) is 7.11. The topological polar surface area (TPSA) is 52.6 Å². The van der Waals surface area contributed by atoms with Crippen molar-refractivity contribution in [3.05, 3.63) is 35.9 Å². The largest absolute Gasteiger partial charge is 0.481 e. The van der Waals surface area contributed by atoms with E-state index in [0.717, 1.165) is 38.8 Å². The molecule has 0 radical (unpaired) electrons. The van der Waals surface area contributed by atoms with E-state index < -0.39 is 5.97 Å². The maximum Gasteiger partial charge on any atom is 0.306 e. The Morgan fingerprint density at radius 2 is 1.83 bits per heavy atom. The van der Waals surface area contributed by atoms with Crippen LogP contribution in [0.3, 0.4) is 0 Å². The maximum atomic E-state index is 11.0. The van der Waals surface area contributed by atoms with Crippen LogP contribution in [0.1, 0.15) is 44.1 Å². The average Bonchev–Trinajstić information content (AvgIpc) is 2.57. The fourth-order valence-corrected chi connectivity index (χ4v) is 4.02. The molecule has 2 fully saturated rings. The summed E-state index contributed by atoms with van der Waals surface area (Å²) in [5, 5.41) is 12.9. The van der Waals surface area contributed by atoms with Crippen LogP contribution in [-0.4, -0.2) is 41.1 Å². The van der Waals surface area contributed by atoms with Crippen molar-refractivity contribution in [1.29, 1.82) is 0 Å². The number of carbonyl (C=O) groups is 1. The fourth-order valence-electron chi connectivity index (χ4n) is 4.02. The smallest absolute Gasteiger partial charge is 0.306 e. The van der Waals surface area contributed by atoms with E-state index in [1.54, 1.807) is 0 Å². The van der Waals surface area contributed by atoms with Crippen LogP contribution >= 0.6 is 0 Å². The number of aliphatic carboxylic acids is 1. The van der Waals surface area contributed by atoms with Crippen molar-refractivity contribution in [2.75, 3.05) is 13.1 Å². The first-order valence-electron chi connectivity index (χ1n) is 8.96. The van der Waals surface area contributed by atoms with Gasteiger partial charge < -0.3 is 10.4 Å². The van der Waals surface area contributed by atoms with Crippen LogP contribution in [0, 0.1) is 5.92 Å². The highest BCUT2D eigenvalue weighted by atomic mass is 16.4. The van der Waals surface area contributed by atoms with E-state index in [2.05, 4.69) is 40.5 Å². The first-order chi connectivity index (χ1) is 11.2. The number of carboxylic acid groups (broad SMARTS) is 1. The van der Waals surface area contributed by atoms with Crippen molar-refractivity contribution < 1.29 is 9.90 Å². The number of nitrogens with one attached hydrogen (secondary N) is 1. The van der Waals surface area contributed by atoms with Gasteiger partial charge in [-0.2, -0.15) is 0 Å². The van der Waals surface area contributed by atoms with Crippen LogP contribution < -0.4 is 5.32 Å². The molecule has 2 N–H and O–H groups in total. The molecule has 0 amide bonds. The van der Waals surface area contributed by atoms with Crippen LogP contribution in [0.4, 0.5) is 0 Å². The molecule has 1 unspecified atom stereocenters. The van der Waals surface area contributed by atoms with E-state index in [0.29, 0.717) is 12.1 Å². The Morgan fingerprint density at radius 1 is 1.09 bits per heavy atom. The molecule has 1 saturated carbocycles. The molecule has 1 saturated heterocycles. The van der Waals surface area contributed by atoms with E-state index in [-0.39, 0.29) is 5.92 Å². The predicted molar refractivity (Wildman–Crippen MR) is 91.3 cm³/mol. The van der Waals surface area contributed by atoms with E-state index >= 15 is 0 Å². The minimum Gasteiger partial charge on any atom is -0.481 e. The lowest BCUT2D eigenvalue weighted by atomic mass is 9.85. The van der Waals surface area contributed by atoms with Crippen molar-refractivity contribution in [2.45, 2.75) is 57.2 Å². The Bertz CT molecular complexity index is 497. The molecular weight excluding hydrogens is 288 g/mol. The number of hydrogen-bond donors (Lipinski definition) is 2. The summed E-state index contributed by atoms with van der Waals surface area (Å²) in [5.74, 6) is -0.732. The summed E-state index contributed by atoms with van der Waals surface area (Å²) in [7, 11) is 0. The third kappa shape index (κ3) is 4.79. The van der Waals surface area contributed by atoms with Crippen LogP contribution in [0.15, 0.2) is 30.3 Å². The number of piperidine rings is 1. The van der Waals surface area contributed by atoms with Crippen LogP contribution in [0.5, 0.6) is 0 Å². The van der Waals surface area contributed by atoms with Gasteiger partial charge in [-0.25, -0.2) is 0 Å². The minimum absolute atomic E-state index is 0.117. The molecule has 0 spiro atoms. The molecule has 1 heterocycles. The molecule has 1 aromatic rings. The highest BCUT2D eigenvalue weighted by molar-refractivity contribution is 5.70. The summed E-state index contributed by atoms with van der Waals surface area (Å²) in [5.41, 5.74) is 1.38. The molecule has 0 aromatic heterocycles. The van der Waals surface area contributed by atoms with E-state index in [4.69, 9.17) is 5.11 Å². The molecule has 1 aliphatic heterocycles. The molecule has 4 nitrogen and oxygen atoms in total. The number of nitrogens with zero attached hydrogens (tertiary/aromatic N) is 1. The number of likely N-dealkylation sites (tertiary alicyclic amines) is 1. The van der Waals surface area contributed by atoms with Crippen LogP contribution in [-0.2, 0) is 11.3 Å². The molecule has 0 bridgehead atoms. The lowest BCUT2D eigenvalue weighted by molar-refractivity contribution is -0.142. The molecule has 1 aliphatic carbocycles. The number of carboxylic acids is 1. The molecule has 23 heavy (non-hydrogen) atoms. The Labute approximate surface area is 138 Å². The molecule has 1 aromatic carbocycles. The quantitative estimate of drug-likeness (QED) is 0.877. The minimum atomic E-state index is -0.616. The van der Waals surface area contributed by atoms with Crippen molar-refractivity contribution in [1.82, 2.24) is 10.2 Å². The number of hydrogen-bond acceptors (Lipinski definition) is 3. The Kier molecular flexibility index (Phi) is 5.68. The summed E-state index contributed by atoms with van der Waals surface area (Å²) >= 11 is 0. The summed E-state index contributed by atoms with van der Waals surface area (Å²) < 4.78 is 0. The summed E-state index contributed by atoms with van der Waals surface area (Å²) in [4.78, 5) is 13.6. The second-order valence-electron chi connectivity index (χ2n) is 7.11. The van der Waals surface area contributed by atoms with Gasteiger partial charge in [0, 0.05) is 25.2 Å². The number of benzene rings is 1. The van der Waals surface area contributed by atoms with Gasteiger partial charge in [-0.3, -0.25) is 9.69 Å². The average molecular weight is 316 g/mol. The van der Waals surface area contributed by atoms with Gasteiger partial charge in [0.25, 0.3) is 0 Å². The van der Waals surface area contributed by atoms with Gasteiger partial charge >= 0.3 is 5.97 Å². The molecular formula is C19H28N2O2. The maximum absolute atomic E-state index is 11.0. The Balaban J connectivity index is 1.45. The zero-order valence-electron chi connectivity index (χ0n) is 13.8. The highest BCUT2D eigenvalue weighted by Gasteiger charge is 2.28. The fraction of sp³-hybridized carbons (Fsp3) is 0.632. The first kappa shape index (κ1) is 16.5. The predicted octanol–water partition coefficient (Wildman–Crippen LogP) is 2.88. The van der Waals surface area contributed by atoms with Gasteiger partial charge in [0.2, 0.25) is 0 Å². The molecule has 4 heteroatoms. The Hall–Kier alpha value is -1.39. The zero-order chi connectivity index (χ0) is 16.1. The monoisotopic (exact) mass is 316 g/mol. The normalized spacial score (nSPS) is 29.3. The highest BCUT2D eigenvalue weighted by Crippen LogP contribution is 2.25. The van der Waals surface area contributed by atoms with Crippen molar-refractivity contribution >= 4 is 5.97 Å².